The topological polar surface area (TPSA) is 110 Å². The minimum Gasteiger partial charge on any atom is -0.365 e. The number of nitrogens with zero attached hydrogens (tertiary/aromatic N) is 1. The van der Waals surface area contributed by atoms with Crippen molar-refractivity contribution in [2.24, 2.45) is 5.73 Å². The number of carbonyl (C=O) groups is 2. The van der Waals surface area contributed by atoms with Gasteiger partial charge in [-0.3, -0.25) is 13.9 Å². The molecule has 7 nitrogen and oxygen atoms in total. The van der Waals surface area contributed by atoms with Gasteiger partial charge in [-0.25, -0.2) is 8.42 Å². The molecule has 1 aliphatic rings. The van der Waals surface area contributed by atoms with Crippen LogP contribution in [-0.2, 0) is 14.8 Å². The van der Waals surface area contributed by atoms with Crippen molar-refractivity contribution in [3.8, 4) is 0 Å². The maximum atomic E-state index is 12.2. The fourth-order valence-corrected chi connectivity index (χ4v) is 5.65. The van der Waals surface area contributed by atoms with E-state index in [-0.39, 0.29) is 11.7 Å². The van der Waals surface area contributed by atoms with Crippen LogP contribution in [0.15, 0.2) is 30.3 Å². The van der Waals surface area contributed by atoms with Gasteiger partial charge >= 0.3 is 0 Å². The predicted octanol–water partition coefficient (Wildman–Crippen LogP) is 2.66. The molecule has 2 amide bonds. The minimum atomic E-state index is -3.21. The van der Waals surface area contributed by atoms with E-state index >= 15 is 0 Å². The number of amides is 2. The Kier molecular flexibility index (Phi) is 5.57. The van der Waals surface area contributed by atoms with Gasteiger partial charge in [0.1, 0.15) is 5.00 Å². The van der Waals surface area contributed by atoms with E-state index in [0.29, 0.717) is 29.2 Å². The third-order valence-corrected chi connectivity index (χ3v) is 7.57. The number of hydrogen-bond donors (Lipinski definition) is 2. The lowest BCUT2D eigenvalue weighted by Crippen LogP contribution is -2.24. The molecule has 1 saturated heterocycles. The fourth-order valence-electron chi connectivity index (χ4n) is 3.02. The zero-order valence-electron chi connectivity index (χ0n) is 15.6. The van der Waals surface area contributed by atoms with Gasteiger partial charge < -0.3 is 11.1 Å². The average Bonchev–Trinajstić information content (AvgIpc) is 3.12. The smallest absolute Gasteiger partial charge is 0.251 e. The Morgan fingerprint density at radius 3 is 2.46 bits per heavy atom. The van der Waals surface area contributed by atoms with Crippen LogP contribution in [0.4, 0.5) is 10.7 Å². The summed E-state index contributed by atoms with van der Waals surface area (Å²) in [5.74, 6) is -0.785. The number of nitrogens with one attached hydrogen (secondary N) is 1. The van der Waals surface area contributed by atoms with Crippen molar-refractivity contribution in [1.29, 1.82) is 0 Å². The van der Waals surface area contributed by atoms with E-state index in [9.17, 15) is 18.0 Å². The molecule has 0 spiro atoms. The molecule has 0 atom stereocenters. The van der Waals surface area contributed by atoms with Crippen molar-refractivity contribution in [2.75, 3.05) is 21.9 Å². The highest BCUT2D eigenvalue weighted by molar-refractivity contribution is 7.93. The van der Waals surface area contributed by atoms with E-state index in [4.69, 9.17) is 5.73 Å². The fraction of sp³-hybridized carbons (Fsp3) is 0.263. The van der Waals surface area contributed by atoms with E-state index in [1.807, 2.05) is 6.92 Å². The number of aryl methyl sites for hydroxylation is 1. The van der Waals surface area contributed by atoms with E-state index in [1.54, 1.807) is 37.3 Å². The van der Waals surface area contributed by atoms with Gasteiger partial charge in [-0.05, 0) is 49.6 Å². The average molecular weight is 420 g/mol. The molecular weight excluding hydrogens is 398 g/mol. The molecule has 0 aliphatic carbocycles. The monoisotopic (exact) mass is 419 g/mol. The molecule has 2 heterocycles. The zero-order chi connectivity index (χ0) is 20.5. The molecule has 1 aromatic carbocycles. The molecule has 2 aromatic rings. The quantitative estimate of drug-likeness (QED) is 0.726. The van der Waals surface area contributed by atoms with Gasteiger partial charge in [-0.15, -0.1) is 11.3 Å². The van der Waals surface area contributed by atoms with Crippen molar-refractivity contribution < 1.29 is 18.0 Å². The highest BCUT2D eigenvalue weighted by Gasteiger charge is 2.28. The third-order valence-electron chi connectivity index (χ3n) is 4.58. The first kappa shape index (κ1) is 20.1. The Bertz CT molecular complexity index is 1050. The minimum absolute atomic E-state index is 0.170. The lowest BCUT2D eigenvalue weighted by atomic mass is 10.1. The van der Waals surface area contributed by atoms with Gasteiger partial charge in [0.2, 0.25) is 15.9 Å². The number of carbonyl (C=O) groups excluding carboxylic acids is 2. The summed E-state index contributed by atoms with van der Waals surface area (Å²) >= 11 is 1.31. The molecule has 148 valence electrons. The number of sulfonamides is 1. The summed E-state index contributed by atoms with van der Waals surface area (Å²) in [6.45, 7) is 4.14. The summed E-state index contributed by atoms with van der Waals surface area (Å²) in [6.07, 6.45) is 3.60. The van der Waals surface area contributed by atoms with Crippen molar-refractivity contribution in [2.45, 2.75) is 20.3 Å². The van der Waals surface area contributed by atoms with Crippen LogP contribution in [0.3, 0.4) is 0 Å². The maximum Gasteiger partial charge on any atom is 0.251 e. The van der Waals surface area contributed by atoms with Crippen LogP contribution in [0, 0.1) is 13.8 Å². The number of primary amides is 1. The molecule has 28 heavy (non-hydrogen) atoms. The summed E-state index contributed by atoms with van der Waals surface area (Å²) in [5, 5.41) is 3.13. The first-order chi connectivity index (χ1) is 13.2. The first-order valence-electron chi connectivity index (χ1n) is 8.68. The van der Waals surface area contributed by atoms with Crippen molar-refractivity contribution in [1.82, 2.24) is 0 Å². The Balaban J connectivity index is 1.70. The summed E-state index contributed by atoms with van der Waals surface area (Å²) in [6, 6.07) is 6.94. The lowest BCUT2D eigenvalue weighted by molar-refractivity contribution is -0.111. The van der Waals surface area contributed by atoms with Crippen LogP contribution in [0.1, 0.15) is 32.8 Å². The lowest BCUT2D eigenvalue weighted by Gasteiger charge is -2.16. The van der Waals surface area contributed by atoms with E-state index in [2.05, 4.69) is 5.32 Å². The second-order valence-corrected chi connectivity index (χ2v) is 9.75. The molecule has 0 unspecified atom stereocenters. The van der Waals surface area contributed by atoms with Gasteiger partial charge in [-0.1, -0.05) is 12.1 Å². The Morgan fingerprint density at radius 1 is 1.21 bits per heavy atom. The highest BCUT2D eigenvalue weighted by atomic mass is 32.2. The standard InChI is InChI=1S/C19H21N3O4S2/c1-12-13(2)27-19(17(12)18(20)24)21-16(23)9-6-14-4-7-15(8-5-14)22-10-3-11-28(22,25)26/h4-9H,3,10-11H2,1-2H3,(H2,20,24)(H,21,23)/b9-6+. The molecule has 3 rings (SSSR count). The van der Waals surface area contributed by atoms with Crippen LogP contribution < -0.4 is 15.4 Å². The largest absolute Gasteiger partial charge is 0.365 e. The Morgan fingerprint density at radius 2 is 1.89 bits per heavy atom. The van der Waals surface area contributed by atoms with Crippen LogP contribution in [0.2, 0.25) is 0 Å². The van der Waals surface area contributed by atoms with Gasteiger partial charge in [0, 0.05) is 17.5 Å². The van der Waals surface area contributed by atoms with Gasteiger partial charge in [0.15, 0.2) is 0 Å². The van der Waals surface area contributed by atoms with Gasteiger partial charge in [0.25, 0.3) is 5.91 Å². The van der Waals surface area contributed by atoms with Crippen LogP contribution >= 0.6 is 11.3 Å². The molecule has 0 radical (unpaired) electrons. The summed E-state index contributed by atoms with van der Waals surface area (Å²) in [7, 11) is -3.21. The molecule has 0 bridgehead atoms. The molecule has 9 heteroatoms. The number of thiophene rings is 1. The zero-order valence-corrected chi connectivity index (χ0v) is 17.2. The SMILES string of the molecule is Cc1sc(NC(=O)/C=C/c2ccc(N3CCCS3(=O)=O)cc2)c(C(N)=O)c1C. The Labute approximate surface area is 167 Å². The number of benzene rings is 1. The van der Waals surface area contributed by atoms with Gasteiger partial charge in [0.05, 0.1) is 17.0 Å². The number of anilines is 2. The van der Waals surface area contributed by atoms with Crippen molar-refractivity contribution in [3.63, 3.8) is 0 Å². The van der Waals surface area contributed by atoms with Crippen LogP contribution in [0.25, 0.3) is 6.08 Å². The number of hydrogen-bond acceptors (Lipinski definition) is 5. The molecule has 0 saturated carbocycles. The molecule has 3 N–H and O–H groups in total. The molecule has 1 aromatic heterocycles. The van der Waals surface area contributed by atoms with E-state index < -0.39 is 15.9 Å². The first-order valence-corrected chi connectivity index (χ1v) is 11.1. The predicted molar refractivity (Wildman–Crippen MR) is 112 cm³/mol. The second kappa shape index (κ2) is 7.76. The van der Waals surface area contributed by atoms with Crippen molar-refractivity contribution in [3.05, 3.63) is 51.9 Å². The highest BCUT2D eigenvalue weighted by Crippen LogP contribution is 2.32. The van der Waals surface area contributed by atoms with E-state index in [1.165, 1.54) is 21.7 Å². The van der Waals surface area contributed by atoms with Gasteiger partial charge in [-0.2, -0.15) is 0 Å². The maximum absolute atomic E-state index is 12.2. The van der Waals surface area contributed by atoms with E-state index in [0.717, 1.165) is 16.0 Å². The van der Waals surface area contributed by atoms with Crippen LogP contribution in [0.5, 0.6) is 0 Å². The molecule has 1 fully saturated rings. The Hall–Kier alpha value is -2.65. The second-order valence-electron chi connectivity index (χ2n) is 6.51. The summed E-state index contributed by atoms with van der Waals surface area (Å²) < 4.78 is 25.3. The van der Waals surface area contributed by atoms with Crippen molar-refractivity contribution >= 4 is 49.9 Å². The third kappa shape index (κ3) is 4.10. The van der Waals surface area contributed by atoms with Crippen LogP contribution in [-0.4, -0.2) is 32.5 Å². The summed E-state index contributed by atoms with van der Waals surface area (Å²) in [4.78, 5) is 24.7. The number of rotatable bonds is 5. The normalized spacial score (nSPS) is 15.9. The molecular formula is C19H21N3O4S2. The molecule has 1 aliphatic heterocycles. The number of nitrogens with two attached hydrogens (primary N) is 1. The summed E-state index contributed by atoms with van der Waals surface area (Å²) in [5.41, 5.74) is 7.88.